The second-order valence-corrected chi connectivity index (χ2v) is 5.99. The highest BCUT2D eigenvalue weighted by atomic mass is 127. The van der Waals surface area contributed by atoms with E-state index in [0.717, 1.165) is 6.07 Å². The number of rotatable bonds is 5. The van der Waals surface area contributed by atoms with Crippen LogP contribution in [0.4, 0.5) is 13.2 Å². The van der Waals surface area contributed by atoms with Crippen molar-refractivity contribution in [1.82, 2.24) is 10.6 Å². The van der Waals surface area contributed by atoms with Gasteiger partial charge in [0.2, 0.25) is 0 Å². The number of fused-ring (bicyclic) bond motifs is 1. The maximum absolute atomic E-state index is 13.8. The van der Waals surface area contributed by atoms with Gasteiger partial charge in [-0.05, 0) is 36.8 Å². The molecular weight excluding hydrogens is 486 g/mol. The Kier molecular flexibility index (Phi) is 8.36. The lowest BCUT2D eigenvalue weighted by Gasteiger charge is -2.21. The van der Waals surface area contributed by atoms with Crippen LogP contribution in [0.3, 0.4) is 0 Å². The predicted molar refractivity (Wildman–Crippen MR) is 110 cm³/mol. The van der Waals surface area contributed by atoms with E-state index in [2.05, 4.69) is 15.6 Å². The average Bonchev–Trinajstić information content (AvgIpc) is 2.63. The normalized spacial score (nSPS) is 13.2. The van der Waals surface area contributed by atoms with E-state index in [0.29, 0.717) is 41.6 Å². The molecule has 5 nitrogen and oxygen atoms in total. The molecular formula is C19H21F3IN3O2. The Bertz CT molecular complexity index is 829. The van der Waals surface area contributed by atoms with Crippen molar-refractivity contribution in [3.05, 3.63) is 64.5 Å². The van der Waals surface area contributed by atoms with Crippen molar-refractivity contribution in [2.45, 2.75) is 26.6 Å². The van der Waals surface area contributed by atoms with Gasteiger partial charge in [-0.3, -0.25) is 0 Å². The molecule has 0 unspecified atom stereocenters. The van der Waals surface area contributed by atoms with Crippen molar-refractivity contribution >= 4 is 29.9 Å². The number of benzene rings is 2. The monoisotopic (exact) mass is 507 g/mol. The van der Waals surface area contributed by atoms with E-state index in [9.17, 15) is 13.2 Å². The zero-order chi connectivity index (χ0) is 19.2. The molecule has 2 aromatic carbocycles. The first-order valence-corrected chi connectivity index (χ1v) is 8.54. The van der Waals surface area contributed by atoms with Crippen molar-refractivity contribution in [3.8, 4) is 5.75 Å². The van der Waals surface area contributed by atoms with Gasteiger partial charge in [-0.1, -0.05) is 0 Å². The minimum absolute atomic E-state index is 0. The second-order valence-electron chi connectivity index (χ2n) is 5.99. The van der Waals surface area contributed by atoms with Gasteiger partial charge in [-0.2, -0.15) is 0 Å². The molecule has 0 radical (unpaired) electrons. The van der Waals surface area contributed by atoms with E-state index in [1.54, 1.807) is 0 Å². The number of nitrogens with zero attached hydrogens (tertiary/aromatic N) is 1. The van der Waals surface area contributed by atoms with Crippen LogP contribution in [0.25, 0.3) is 0 Å². The van der Waals surface area contributed by atoms with Crippen LogP contribution in [-0.4, -0.2) is 19.3 Å². The zero-order valence-electron chi connectivity index (χ0n) is 15.2. The highest BCUT2D eigenvalue weighted by Gasteiger charge is 2.17. The Hall–Kier alpha value is -2.01. The lowest BCUT2D eigenvalue weighted by Crippen LogP contribution is -2.37. The van der Waals surface area contributed by atoms with Crippen LogP contribution in [0.5, 0.6) is 5.75 Å². The molecule has 0 atom stereocenters. The third-order valence-electron chi connectivity index (χ3n) is 3.88. The average molecular weight is 507 g/mol. The lowest BCUT2D eigenvalue weighted by molar-refractivity contribution is -0.0172. The maximum Gasteiger partial charge on any atom is 0.191 e. The Balaban J connectivity index is 0.00000280. The van der Waals surface area contributed by atoms with Gasteiger partial charge < -0.3 is 20.1 Å². The minimum atomic E-state index is -0.649. The smallest absolute Gasteiger partial charge is 0.191 e. The Morgan fingerprint density at radius 3 is 2.46 bits per heavy atom. The number of ether oxygens (including phenoxy) is 2. The molecule has 3 rings (SSSR count). The van der Waals surface area contributed by atoms with Gasteiger partial charge in [0.1, 0.15) is 23.2 Å². The predicted octanol–water partition coefficient (Wildman–Crippen LogP) is 3.84. The standard InChI is InChI=1S/C19H20F3N3O2.HI/c1-2-23-19(24-8-12-3-15(20)7-16(21)4-12)25-9-13-5-17(22)6-14-10-26-11-27-18(13)14;/h3-7H,2,8-11H2,1H3,(H2,23,24,25);1H. The van der Waals surface area contributed by atoms with Crippen LogP contribution >= 0.6 is 24.0 Å². The largest absolute Gasteiger partial charge is 0.467 e. The van der Waals surface area contributed by atoms with E-state index in [1.807, 2.05) is 6.92 Å². The number of guanidine groups is 1. The number of aliphatic imine (C=N–C) groups is 1. The maximum atomic E-state index is 13.8. The van der Waals surface area contributed by atoms with Crippen molar-refractivity contribution in [3.63, 3.8) is 0 Å². The summed E-state index contributed by atoms with van der Waals surface area (Å²) < 4.78 is 51.0. The van der Waals surface area contributed by atoms with Gasteiger partial charge >= 0.3 is 0 Å². The molecule has 1 heterocycles. The van der Waals surface area contributed by atoms with Crippen molar-refractivity contribution < 1.29 is 22.6 Å². The molecule has 28 heavy (non-hydrogen) atoms. The molecule has 0 saturated carbocycles. The van der Waals surface area contributed by atoms with Crippen LogP contribution in [0.15, 0.2) is 35.3 Å². The molecule has 0 fully saturated rings. The Morgan fingerprint density at radius 2 is 1.75 bits per heavy atom. The molecule has 2 aromatic rings. The first-order valence-electron chi connectivity index (χ1n) is 8.54. The van der Waals surface area contributed by atoms with Gasteiger partial charge in [0, 0.05) is 30.3 Å². The van der Waals surface area contributed by atoms with E-state index in [-0.39, 0.29) is 49.7 Å². The first-order chi connectivity index (χ1) is 13.0. The van der Waals surface area contributed by atoms with Crippen LogP contribution in [0.2, 0.25) is 0 Å². The first kappa shape index (κ1) is 22.3. The fourth-order valence-electron chi connectivity index (χ4n) is 2.78. The van der Waals surface area contributed by atoms with Gasteiger partial charge in [-0.15, -0.1) is 24.0 Å². The Labute approximate surface area is 178 Å². The van der Waals surface area contributed by atoms with Gasteiger partial charge in [0.05, 0.1) is 13.2 Å². The highest BCUT2D eigenvalue weighted by molar-refractivity contribution is 14.0. The van der Waals surface area contributed by atoms with Crippen LogP contribution in [0.1, 0.15) is 23.6 Å². The molecule has 0 saturated heterocycles. The molecule has 152 valence electrons. The van der Waals surface area contributed by atoms with Gasteiger partial charge in [0.25, 0.3) is 0 Å². The molecule has 0 amide bonds. The van der Waals surface area contributed by atoms with E-state index in [1.165, 1.54) is 24.3 Å². The van der Waals surface area contributed by atoms with Gasteiger partial charge in [-0.25, -0.2) is 18.2 Å². The Morgan fingerprint density at radius 1 is 1.04 bits per heavy atom. The molecule has 2 N–H and O–H groups in total. The fourth-order valence-corrected chi connectivity index (χ4v) is 2.78. The van der Waals surface area contributed by atoms with E-state index in [4.69, 9.17) is 9.47 Å². The quantitative estimate of drug-likeness (QED) is 0.367. The topological polar surface area (TPSA) is 54.9 Å². The summed E-state index contributed by atoms with van der Waals surface area (Å²) in [7, 11) is 0. The number of hydrogen-bond donors (Lipinski definition) is 2. The van der Waals surface area contributed by atoms with Crippen molar-refractivity contribution in [1.29, 1.82) is 0 Å². The van der Waals surface area contributed by atoms with E-state index < -0.39 is 11.6 Å². The summed E-state index contributed by atoms with van der Waals surface area (Å²) in [6, 6.07) is 6.05. The molecule has 0 bridgehead atoms. The van der Waals surface area contributed by atoms with Gasteiger partial charge in [0.15, 0.2) is 12.8 Å². The van der Waals surface area contributed by atoms with Crippen LogP contribution < -0.4 is 15.4 Å². The summed E-state index contributed by atoms with van der Waals surface area (Å²) in [6.45, 7) is 3.25. The summed E-state index contributed by atoms with van der Waals surface area (Å²) in [5.41, 5.74) is 1.69. The third kappa shape index (κ3) is 5.99. The number of nitrogens with one attached hydrogen (secondary N) is 2. The van der Waals surface area contributed by atoms with Crippen molar-refractivity contribution in [2.24, 2.45) is 4.99 Å². The van der Waals surface area contributed by atoms with Crippen LogP contribution in [0, 0.1) is 17.5 Å². The number of hydrogen-bond acceptors (Lipinski definition) is 3. The summed E-state index contributed by atoms with van der Waals surface area (Å²) in [5.74, 6) is -0.643. The second kappa shape index (κ2) is 10.5. The molecule has 1 aliphatic rings. The zero-order valence-corrected chi connectivity index (χ0v) is 17.6. The SMILES string of the molecule is CCNC(=NCc1cc(F)cc(F)c1)NCc1cc(F)cc2c1OCOC2.I. The molecule has 1 aliphatic heterocycles. The molecule has 0 spiro atoms. The lowest BCUT2D eigenvalue weighted by atomic mass is 10.1. The fraction of sp³-hybridized carbons (Fsp3) is 0.316. The highest BCUT2D eigenvalue weighted by Crippen LogP contribution is 2.29. The molecule has 9 heteroatoms. The third-order valence-corrected chi connectivity index (χ3v) is 3.88. The molecule has 0 aromatic heterocycles. The minimum Gasteiger partial charge on any atom is -0.467 e. The van der Waals surface area contributed by atoms with E-state index >= 15 is 0 Å². The summed E-state index contributed by atoms with van der Waals surface area (Å²) in [6.07, 6.45) is 0. The van der Waals surface area contributed by atoms with Crippen molar-refractivity contribution in [2.75, 3.05) is 13.3 Å². The summed E-state index contributed by atoms with van der Waals surface area (Å²) in [4.78, 5) is 4.32. The summed E-state index contributed by atoms with van der Waals surface area (Å²) >= 11 is 0. The molecule has 0 aliphatic carbocycles. The van der Waals surface area contributed by atoms with Crippen LogP contribution in [-0.2, 0) is 24.4 Å². The summed E-state index contributed by atoms with van der Waals surface area (Å²) in [5, 5.41) is 6.12. The number of halogens is 4.